The Morgan fingerprint density at radius 2 is 1.97 bits per heavy atom. The Morgan fingerprint density at radius 3 is 2.59 bits per heavy atom. The van der Waals surface area contributed by atoms with Gasteiger partial charge in [0.05, 0.1) is 0 Å². The molecule has 0 bridgehead atoms. The molecule has 0 unspecified atom stereocenters. The molecule has 1 amide bonds. The third-order valence-electron chi connectivity index (χ3n) is 4.98. The number of nitrogen functional groups attached to an aromatic ring is 1. The number of aromatic amines is 1. The van der Waals surface area contributed by atoms with Crippen molar-refractivity contribution in [2.45, 2.75) is 71.4 Å². The number of amides is 1. The smallest absolute Gasteiger partial charge is 0.330 e. The van der Waals surface area contributed by atoms with E-state index in [1.54, 1.807) is 6.08 Å². The van der Waals surface area contributed by atoms with Crippen LogP contribution in [0.2, 0.25) is 0 Å². The van der Waals surface area contributed by atoms with Crippen LogP contribution in [-0.2, 0) is 20.9 Å². The monoisotopic (exact) mass is 406 g/mol. The number of carbonyl (C=O) groups is 2. The third-order valence-corrected chi connectivity index (χ3v) is 4.98. The van der Waals surface area contributed by atoms with Crippen LogP contribution in [-0.4, -0.2) is 34.1 Å². The molecule has 1 heterocycles. The average molecular weight is 406 g/mol. The van der Waals surface area contributed by atoms with E-state index in [0.29, 0.717) is 32.2 Å². The van der Waals surface area contributed by atoms with E-state index in [0.717, 1.165) is 19.3 Å². The molecular weight excluding hydrogens is 376 g/mol. The number of allylic oxidation sites excluding steroid dienone is 1. The molecule has 0 aromatic carbocycles. The maximum Gasteiger partial charge on any atom is 0.330 e. The second-order valence-electron chi connectivity index (χ2n) is 7.12. The highest BCUT2D eigenvalue weighted by molar-refractivity contribution is 5.98. The number of nitrogens with one attached hydrogen (secondary N) is 1. The Morgan fingerprint density at radius 1 is 1.28 bits per heavy atom. The van der Waals surface area contributed by atoms with Gasteiger partial charge in [-0.25, -0.2) is 9.59 Å². The number of nitrogens with zero attached hydrogens (tertiary/aromatic N) is 2. The van der Waals surface area contributed by atoms with Gasteiger partial charge in [-0.2, -0.15) is 0 Å². The minimum Gasteiger partial charge on any atom is -0.452 e. The van der Waals surface area contributed by atoms with Gasteiger partial charge < -0.3 is 10.5 Å². The van der Waals surface area contributed by atoms with E-state index in [2.05, 4.69) is 4.98 Å². The van der Waals surface area contributed by atoms with Gasteiger partial charge in [0.15, 0.2) is 12.3 Å². The van der Waals surface area contributed by atoms with Gasteiger partial charge in [0.25, 0.3) is 11.5 Å². The van der Waals surface area contributed by atoms with Crippen molar-refractivity contribution in [2.75, 3.05) is 17.2 Å². The number of H-pyrrole nitrogens is 1. The largest absolute Gasteiger partial charge is 0.452 e. The number of anilines is 2. The number of carbonyl (C=O) groups excluding carboxylic acids is 2. The van der Waals surface area contributed by atoms with Crippen molar-refractivity contribution in [1.82, 2.24) is 9.55 Å². The Bertz CT molecular complexity index is 865. The van der Waals surface area contributed by atoms with E-state index >= 15 is 0 Å². The first-order chi connectivity index (χ1) is 13.9. The third kappa shape index (κ3) is 5.58. The molecule has 1 aromatic heterocycles. The van der Waals surface area contributed by atoms with Crippen LogP contribution in [0, 0.1) is 0 Å². The van der Waals surface area contributed by atoms with Gasteiger partial charge >= 0.3 is 11.7 Å². The maximum atomic E-state index is 13.0. The minimum absolute atomic E-state index is 0.0374. The fraction of sp³-hybridized carbons (Fsp3) is 0.600. The van der Waals surface area contributed by atoms with E-state index in [1.165, 1.54) is 15.5 Å². The van der Waals surface area contributed by atoms with Gasteiger partial charge in [-0.3, -0.25) is 24.0 Å². The normalized spacial score (nSPS) is 14.4. The molecule has 0 saturated heterocycles. The molecule has 1 fully saturated rings. The molecule has 160 valence electrons. The summed E-state index contributed by atoms with van der Waals surface area (Å²) in [5.41, 5.74) is 4.83. The molecule has 2 rings (SSSR count). The zero-order valence-corrected chi connectivity index (χ0v) is 17.1. The van der Waals surface area contributed by atoms with Gasteiger partial charge in [0.2, 0.25) is 0 Å². The highest BCUT2D eigenvalue weighted by Gasteiger charge is 2.33. The summed E-state index contributed by atoms with van der Waals surface area (Å²) in [6, 6.07) is -0.229. The number of nitrogens with two attached hydrogens (primary N) is 1. The summed E-state index contributed by atoms with van der Waals surface area (Å²) in [5.74, 6) is -1.20. The summed E-state index contributed by atoms with van der Waals surface area (Å²) in [6.45, 7) is 3.69. The molecule has 9 nitrogen and oxygen atoms in total. The second-order valence-corrected chi connectivity index (χ2v) is 7.12. The molecule has 1 aliphatic rings. The number of ether oxygens (including phenoxy) is 1. The summed E-state index contributed by atoms with van der Waals surface area (Å²) in [6.07, 6.45) is 8.36. The predicted octanol–water partition coefficient (Wildman–Crippen LogP) is 1.70. The maximum absolute atomic E-state index is 13.0. The van der Waals surface area contributed by atoms with E-state index in [1.807, 2.05) is 13.8 Å². The molecule has 0 aliphatic heterocycles. The SMILES string of the molecule is CC/C=C/C(=O)OCC(=O)N(c1c(N)n(CCCC)c(=O)[nH]c1=O)C1CCCC1. The van der Waals surface area contributed by atoms with Crippen molar-refractivity contribution in [3.05, 3.63) is 33.0 Å². The number of aromatic nitrogens is 2. The van der Waals surface area contributed by atoms with Gasteiger partial charge in [0, 0.05) is 18.7 Å². The highest BCUT2D eigenvalue weighted by atomic mass is 16.5. The van der Waals surface area contributed by atoms with Crippen LogP contribution >= 0.6 is 0 Å². The Kier molecular flexibility index (Phi) is 8.23. The number of hydrogen-bond donors (Lipinski definition) is 2. The molecule has 1 aromatic rings. The van der Waals surface area contributed by atoms with Gasteiger partial charge in [-0.1, -0.05) is 39.2 Å². The molecule has 0 atom stereocenters. The molecule has 1 aliphatic carbocycles. The van der Waals surface area contributed by atoms with E-state index in [-0.39, 0.29) is 17.5 Å². The van der Waals surface area contributed by atoms with Crippen LogP contribution in [0.25, 0.3) is 0 Å². The molecule has 29 heavy (non-hydrogen) atoms. The van der Waals surface area contributed by atoms with E-state index in [9.17, 15) is 19.2 Å². The van der Waals surface area contributed by atoms with Crippen molar-refractivity contribution in [3.63, 3.8) is 0 Å². The summed E-state index contributed by atoms with van der Waals surface area (Å²) < 4.78 is 6.31. The van der Waals surface area contributed by atoms with Crippen LogP contribution in [0.3, 0.4) is 0 Å². The molecule has 9 heteroatoms. The molecule has 0 radical (unpaired) electrons. The lowest BCUT2D eigenvalue weighted by Crippen LogP contribution is -2.47. The zero-order valence-electron chi connectivity index (χ0n) is 17.1. The summed E-state index contributed by atoms with van der Waals surface area (Å²) in [4.78, 5) is 53.1. The average Bonchev–Trinajstić information content (AvgIpc) is 3.21. The lowest BCUT2D eigenvalue weighted by molar-refractivity contribution is -0.143. The van der Waals surface area contributed by atoms with Crippen molar-refractivity contribution in [1.29, 1.82) is 0 Å². The molecular formula is C20H30N4O5. The zero-order chi connectivity index (χ0) is 21.4. The van der Waals surface area contributed by atoms with Crippen LogP contribution in [0.1, 0.15) is 58.8 Å². The Balaban J connectivity index is 2.38. The molecule has 3 N–H and O–H groups in total. The summed E-state index contributed by atoms with van der Waals surface area (Å²) >= 11 is 0. The fourth-order valence-corrected chi connectivity index (χ4v) is 3.49. The predicted molar refractivity (Wildman–Crippen MR) is 111 cm³/mol. The topological polar surface area (TPSA) is 127 Å². The van der Waals surface area contributed by atoms with Crippen molar-refractivity contribution >= 4 is 23.4 Å². The van der Waals surface area contributed by atoms with Crippen LogP contribution in [0.4, 0.5) is 11.5 Å². The van der Waals surface area contributed by atoms with Crippen LogP contribution in [0.5, 0.6) is 0 Å². The first kappa shape index (κ1) is 22.4. The summed E-state index contributed by atoms with van der Waals surface area (Å²) in [7, 11) is 0. The van der Waals surface area contributed by atoms with Gasteiger partial charge in [-0.15, -0.1) is 0 Å². The number of esters is 1. The first-order valence-corrected chi connectivity index (χ1v) is 10.2. The number of hydrogen-bond acceptors (Lipinski definition) is 6. The number of rotatable bonds is 9. The minimum atomic E-state index is -0.710. The standard InChI is InChI=1S/C20H30N4O5/c1-3-5-11-16(26)29-13-15(25)24(14-9-7-8-10-14)17-18(21)23(12-6-4-2)20(28)22-19(17)27/h5,11,14H,3-4,6-10,12-13,21H2,1-2H3,(H,22,27,28)/b11-5+. The lowest BCUT2D eigenvalue weighted by Gasteiger charge is -2.29. The van der Waals surface area contributed by atoms with Crippen LogP contribution < -0.4 is 21.9 Å². The van der Waals surface area contributed by atoms with E-state index < -0.39 is 29.7 Å². The van der Waals surface area contributed by atoms with Crippen molar-refractivity contribution in [3.8, 4) is 0 Å². The van der Waals surface area contributed by atoms with E-state index in [4.69, 9.17) is 10.5 Å². The van der Waals surface area contributed by atoms with Gasteiger partial charge in [0.1, 0.15) is 5.82 Å². The van der Waals surface area contributed by atoms with Crippen molar-refractivity contribution < 1.29 is 14.3 Å². The van der Waals surface area contributed by atoms with Crippen molar-refractivity contribution in [2.24, 2.45) is 0 Å². The molecule has 1 saturated carbocycles. The Labute approximate surface area is 169 Å². The Hall–Kier alpha value is -2.84. The van der Waals surface area contributed by atoms with Crippen LogP contribution in [0.15, 0.2) is 21.7 Å². The second kappa shape index (κ2) is 10.6. The summed E-state index contributed by atoms with van der Waals surface area (Å²) in [5, 5.41) is 0. The fourth-order valence-electron chi connectivity index (χ4n) is 3.49. The quantitative estimate of drug-likeness (QED) is 0.475. The molecule has 0 spiro atoms. The first-order valence-electron chi connectivity index (χ1n) is 10.2. The number of unbranched alkanes of at least 4 members (excludes halogenated alkanes) is 1. The highest BCUT2D eigenvalue weighted by Crippen LogP contribution is 2.29. The van der Waals surface area contributed by atoms with Gasteiger partial charge in [-0.05, 0) is 25.7 Å². The lowest BCUT2D eigenvalue weighted by atomic mass is 10.2.